The molecule has 1 atom stereocenters. The standard InChI is InChI=1S/C23H35N3O3/c1-3-12-25(18-22(27)26-15-16-29-21(4-2)17-26)20-10-13-24(14-11-20)23(28)19-8-6-5-7-9-19/h5-9,20-21H,3-4,10-18H2,1-2H3. The Morgan fingerprint density at radius 2 is 1.79 bits per heavy atom. The van der Waals surface area contributed by atoms with Gasteiger partial charge < -0.3 is 14.5 Å². The van der Waals surface area contributed by atoms with Gasteiger partial charge in [0.1, 0.15) is 0 Å². The number of benzene rings is 1. The van der Waals surface area contributed by atoms with Gasteiger partial charge in [-0.1, -0.05) is 32.0 Å². The van der Waals surface area contributed by atoms with Crippen molar-refractivity contribution in [3.63, 3.8) is 0 Å². The largest absolute Gasteiger partial charge is 0.375 e. The summed E-state index contributed by atoms with van der Waals surface area (Å²) in [5, 5.41) is 0. The van der Waals surface area contributed by atoms with Gasteiger partial charge in [0.2, 0.25) is 5.91 Å². The molecule has 0 N–H and O–H groups in total. The van der Waals surface area contributed by atoms with Crippen LogP contribution in [0.3, 0.4) is 0 Å². The first-order valence-corrected chi connectivity index (χ1v) is 11.1. The Bertz CT molecular complexity index is 659. The quantitative estimate of drug-likeness (QED) is 0.705. The van der Waals surface area contributed by atoms with Crippen molar-refractivity contribution in [2.24, 2.45) is 0 Å². The van der Waals surface area contributed by atoms with Crippen molar-refractivity contribution in [3.8, 4) is 0 Å². The molecule has 0 saturated carbocycles. The number of hydrogen-bond donors (Lipinski definition) is 0. The summed E-state index contributed by atoms with van der Waals surface area (Å²) in [6.45, 7) is 9.20. The average Bonchev–Trinajstić information content (AvgIpc) is 2.79. The molecule has 1 aromatic carbocycles. The molecule has 2 amide bonds. The SMILES string of the molecule is CCCN(CC(=O)N1CCOC(CC)C1)C1CCN(C(=O)c2ccccc2)CC1. The Balaban J connectivity index is 1.53. The van der Waals surface area contributed by atoms with Crippen LogP contribution in [0.2, 0.25) is 0 Å². The van der Waals surface area contributed by atoms with E-state index in [1.807, 2.05) is 40.1 Å². The highest BCUT2D eigenvalue weighted by molar-refractivity contribution is 5.94. The Morgan fingerprint density at radius 1 is 1.07 bits per heavy atom. The van der Waals surface area contributed by atoms with Crippen LogP contribution < -0.4 is 0 Å². The van der Waals surface area contributed by atoms with Crippen LogP contribution in [-0.2, 0) is 9.53 Å². The van der Waals surface area contributed by atoms with Gasteiger partial charge in [0.15, 0.2) is 0 Å². The van der Waals surface area contributed by atoms with E-state index in [4.69, 9.17) is 4.74 Å². The number of ether oxygens (including phenoxy) is 1. The van der Waals surface area contributed by atoms with Crippen LogP contribution in [0.25, 0.3) is 0 Å². The molecule has 3 rings (SSSR count). The van der Waals surface area contributed by atoms with Gasteiger partial charge in [-0.3, -0.25) is 14.5 Å². The van der Waals surface area contributed by atoms with Gasteiger partial charge in [-0.05, 0) is 44.4 Å². The van der Waals surface area contributed by atoms with Gasteiger partial charge in [-0.2, -0.15) is 0 Å². The summed E-state index contributed by atoms with van der Waals surface area (Å²) in [5.41, 5.74) is 0.754. The number of morpholine rings is 1. The number of likely N-dealkylation sites (tertiary alicyclic amines) is 1. The third-order valence-electron chi connectivity index (χ3n) is 6.08. The van der Waals surface area contributed by atoms with Crippen molar-refractivity contribution in [3.05, 3.63) is 35.9 Å². The molecule has 1 unspecified atom stereocenters. The van der Waals surface area contributed by atoms with Crippen LogP contribution in [0, 0.1) is 0 Å². The molecule has 6 nitrogen and oxygen atoms in total. The molecule has 2 heterocycles. The fraction of sp³-hybridized carbons (Fsp3) is 0.652. The number of rotatable bonds is 7. The van der Waals surface area contributed by atoms with Gasteiger partial charge in [-0.25, -0.2) is 0 Å². The number of nitrogens with zero attached hydrogens (tertiary/aromatic N) is 3. The summed E-state index contributed by atoms with van der Waals surface area (Å²) >= 11 is 0. The van der Waals surface area contributed by atoms with Crippen LogP contribution in [-0.4, -0.2) is 84.5 Å². The first-order valence-electron chi connectivity index (χ1n) is 11.1. The fourth-order valence-corrected chi connectivity index (χ4v) is 4.34. The van der Waals surface area contributed by atoms with E-state index < -0.39 is 0 Å². The van der Waals surface area contributed by atoms with E-state index in [2.05, 4.69) is 18.7 Å². The zero-order valence-corrected chi connectivity index (χ0v) is 17.9. The Hall–Kier alpha value is -1.92. The molecule has 2 aliphatic rings. The number of amides is 2. The third kappa shape index (κ3) is 5.80. The molecule has 2 fully saturated rings. The lowest BCUT2D eigenvalue weighted by Gasteiger charge is -2.40. The molecule has 2 saturated heterocycles. The predicted octanol–water partition coefficient (Wildman–Crippen LogP) is 2.64. The maximum absolute atomic E-state index is 12.9. The highest BCUT2D eigenvalue weighted by atomic mass is 16.5. The smallest absolute Gasteiger partial charge is 0.253 e. The molecule has 1 aromatic rings. The molecule has 0 aliphatic carbocycles. The maximum Gasteiger partial charge on any atom is 0.253 e. The predicted molar refractivity (Wildman–Crippen MR) is 114 cm³/mol. The number of hydrogen-bond acceptors (Lipinski definition) is 4. The second-order valence-corrected chi connectivity index (χ2v) is 8.10. The minimum atomic E-state index is 0.112. The zero-order valence-electron chi connectivity index (χ0n) is 17.9. The lowest BCUT2D eigenvalue weighted by molar-refractivity contribution is -0.140. The van der Waals surface area contributed by atoms with E-state index in [0.29, 0.717) is 32.3 Å². The second-order valence-electron chi connectivity index (χ2n) is 8.10. The summed E-state index contributed by atoms with van der Waals surface area (Å²) in [6.07, 6.45) is 3.98. The summed E-state index contributed by atoms with van der Waals surface area (Å²) < 4.78 is 5.70. The van der Waals surface area contributed by atoms with Crippen molar-refractivity contribution < 1.29 is 14.3 Å². The highest BCUT2D eigenvalue weighted by Crippen LogP contribution is 2.20. The number of carbonyl (C=O) groups excluding carboxylic acids is 2. The van der Waals surface area contributed by atoms with Crippen LogP contribution in [0.4, 0.5) is 0 Å². The Kier molecular flexibility index (Phi) is 8.07. The number of piperidine rings is 1. The van der Waals surface area contributed by atoms with E-state index >= 15 is 0 Å². The van der Waals surface area contributed by atoms with Crippen LogP contribution in [0.15, 0.2) is 30.3 Å². The maximum atomic E-state index is 12.9. The van der Waals surface area contributed by atoms with E-state index in [0.717, 1.165) is 50.9 Å². The first-order chi connectivity index (χ1) is 14.1. The monoisotopic (exact) mass is 401 g/mol. The lowest BCUT2D eigenvalue weighted by Crippen LogP contribution is -2.52. The van der Waals surface area contributed by atoms with Gasteiger partial charge in [0.05, 0.1) is 19.3 Å². The van der Waals surface area contributed by atoms with E-state index in [-0.39, 0.29) is 17.9 Å². The van der Waals surface area contributed by atoms with Crippen LogP contribution >= 0.6 is 0 Å². The molecular weight excluding hydrogens is 366 g/mol. The fourth-order valence-electron chi connectivity index (χ4n) is 4.34. The molecule has 0 spiro atoms. The molecular formula is C23H35N3O3. The summed E-state index contributed by atoms with van der Waals surface area (Å²) in [4.78, 5) is 31.8. The molecule has 0 aromatic heterocycles. The minimum Gasteiger partial charge on any atom is -0.375 e. The topological polar surface area (TPSA) is 53.1 Å². The minimum absolute atomic E-state index is 0.112. The summed E-state index contributed by atoms with van der Waals surface area (Å²) in [7, 11) is 0. The van der Waals surface area contributed by atoms with Gasteiger partial charge in [0.25, 0.3) is 5.91 Å². The lowest BCUT2D eigenvalue weighted by atomic mass is 10.0. The molecule has 6 heteroatoms. The van der Waals surface area contributed by atoms with Crippen molar-refractivity contribution in [1.29, 1.82) is 0 Å². The van der Waals surface area contributed by atoms with Crippen molar-refractivity contribution in [2.45, 2.75) is 51.7 Å². The molecule has 2 aliphatic heterocycles. The van der Waals surface area contributed by atoms with Crippen molar-refractivity contribution in [2.75, 3.05) is 45.9 Å². The normalized spacial score (nSPS) is 20.9. The highest BCUT2D eigenvalue weighted by Gasteiger charge is 2.30. The Morgan fingerprint density at radius 3 is 2.45 bits per heavy atom. The molecule has 0 bridgehead atoms. The van der Waals surface area contributed by atoms with Crippen LogP contribution in [0.1, 0.15) is 49.9 Å². The van der Waals surface area contributed by atoms with E-state index in [1.165, 1.54) is 0 Å². The van der Waals surface area contributed by atoms with Gasteiger partial charge in [0, 0.05) is 37.8 Å². The van der Waals surface area contributed by atoms with Crippen LogP contribution in [0.5, 0.6) is 0 Å². The van der Waals surface area contributed by atoms with E-state index in [9.17, 15) is 9.59 Å². The Labute approximate surface area is 174 Å². The molecule has 0 radical (unpaired) electrons. The average molecular weight is 402 g/mol. The molecule has 160 valence electrons. The van der Waals surface area contributed by atoms with E-state index in [1.54, 1.807) is 0 Å². The second kappa shape index (κ2) is 10.7. The third-order valence-corrected chi connectivity index (χ3v) is 6.08. The van der Waals surface area contributed by atoms with Crippen molar-refractivity contribution in [1.82, 2.24) is 14.7 Å². The van der Waals surface area contributed by atoms with Gasteiger partial charge >= 0.3 is 0 Å². The van der Waals surface area contributed by atoms with Crippen molar-refractivity contribution >= 4 is 11.8 Å². The number of carbonyl (C=O) groups is 2. The summed E-state index contributed by atoms with van der Waals surface area (Å²) in [6, 6.07) is 9.86. The van der Waals surface area contributed by atoms with Gasteiger partial charge in [-0.15, -0.1) is 0 Å². The molecule has 29 heavy (non-hydrogen) atoms. The summed E-state index contributed by atoms with van der Waals surface area (Å²) in [5.74, 6) is 0.323. The zero-order chi connectivity index (χ0) is 20.6. The first kappa shape index (κ1) is 21.8.